The lowest BCUT2D eigenvalue weighted by molar-refractivity contribution is 0.670. The van der Waals surface area contributed by atoms with Crippen molar-refractivity contribution < 1.29 is 4.42 Å². The maximum absolute atomic E-state index is 6.44. The first-order valence-electron chi connectivity index (χ1n) is 19.7. The predicted octanol–water partition coefficient (Wildman–Crippen LogP) is 15.9. The zero-order valence-electron chi connectivity index (χ0n) is 31.3. The van der Waals surface area contributed by atoms with Crippen molar-refractivity contribution in [2.45, 2.75) is 0 Å². The van der Waals surface area contributed by atoms with Gasteiger partial charge in [-0.2, -0.15) is 0 Å². The van der Waals surface area contributed by atoms with E-state index in [2.05, 4.69) is 204 Å². The van der Waals surface area contributed by atoms with Gasteiger partial charge in [-0.1, -0.05) is 133 Å². The van der Waals surface area contributed by atoms with E-state index in [1.807, 2.05) is 23.5 Å². The summed E-state index contributed by atoms with van der Waals surface area (Å²) in [5.74, 6) is 0. The van der Waals surface area contributed by atoms with E-state index in [4.69, 9.17) is 4.42 Å². The molecule has 12 rings (SSSR count). The van der Waals surface area contributed by atoms with Crippen LogP contribution in [-0.4, -0.2) is 4.57 Å². The highest BCUT2D eigenvalue weighted by Crippen LogP contribution is 2.46. The summed E-state index contributed by atoms with van der Waals surface area (Å²) < 4.78 is 11.4. The maximum Gasteiger partial charge on any atom is 0.143 e. The Morgan fingerprint density at radius 1 is 0.414 bits per heavy atom. The molecule has 0 atom stereocenters. The Morgan fingerprint density at radius 3 is 1.86 bits per heavy atom. The number of anilines is 3. The molecule has 0 aliphatic carbocycles. The molecule has 0 unspecified atom stereocenters. The van der Waals surface area contributed by atoms with Crippen LogP contribution in [0.3, 0.4) is 0 Å². The molecule has 0 N–H and O–H groups in total. The summed E-state index contributed by atoms with van der Waals surface area (Å²) in [7, 11) is 0. The van der Waals surface area contributed by atoms with Crippen LogP contribution in [0, 0.1) is 0 Å². The fraction of sp³-hybridized carbons (Fsp3) is 0. The molecule has 272 valence electrons. The minimum Gasteiger partial charge on any atom is -0.455 e. The quantitative estimate of drug-likeness (QED) is 0.168. The fourth-order valence-electron chi connectivity index (χ4n) is 8.94. The number of hydrogen-bond donors (Lipinski definition) is 0. The summed E-state index contributed by atoms with van der Waals surface area (Å²) in [6, 6.07) is 74.4. The highest BCUT2D eigenvalue weighted by Gasteiger charge is 2.20. The number of hydrogen-bond acceptors (Lipinski definition) is 3. The number of rotatable bonds is 6. The van der Waals surface area contributed by atoms with Gasteiger partial charge >= 0.3 is 0 Å². The Labute approximate surface area is 338 Å². The monoisotopic (exact) mass is 758 g/mol. The number of fused-ring (bicyclic) bond motifs is 9. The SMILES string of the molecule is c1ccc(-n2c3ccccc3c3ccc(-c4ccc(N(c5ccc(-c6cccc7c6oc6ccccc67)cc5)c5cccc6sc7ccccc7c56)cc4)cc32)cc1. The Morgan fingerprint density at radius 2 is 1.03 bits per heavy atom. The molecular weight excluding hydrogens is 725 g/mol. The third-order valence-electron chi connectivity index (χ3n) is 11.6. The molecule has 0 bridgehead atoms. The van der Waals surface area contributed by atoms with Gasteiger partial charge in [-0.15, -0.1) is 11.3 Å². The lowest BCUT2D eigenvalue weighted by atomic mass is 10.0. The topological polar surface area (TPSA) is 21.3 Å². The van der Waals surface area contributed by atoms with Crippen LogP contribution in [0.2, 0.25) is 0 Å². The number of thiophene rings is 1. The lowest BCUT2D eigenvalue weighted by Gasteiger charge is -2.27. The molecule has 0 aliphatic rings. The van der Waals surface area contributed by atoms with Crippen molar-refractivity contribution in [2.75, 3.05) is 4.90 Å². The predicted molar refractivity (Wildman–Crippen MR) is 247 cm³/mol. The van der Waals surface area contributed by atoms with Gasteiger partial charge in [-0.05, 0) is 89.5 Å². The summed E-state index contributed by atoms with van der Waals surface area (Å²) in [6.07, 6.45) is 0. The summed E-state index contributed by atoms with van der Waals surface area (Å²) in [5, 5.41) is 7.32. The van der Waals surface area contributed by atoms with E-state index in [0.717, 1.165) is 55.8 Å². The first-order chi connectivity index (χ1) is 28.8. The van der Waals surface area contributed by atoms with Crippen LogP contribution < -0.4 is 4.90 Å². The minimum atomic E-state index is 0.908. The second kappa shape index (κ2) is 13.1. The molecule has 3 nitrogen and oxygen atoms in total. The summed E-state index contributed by atoms with van der Waals surface area (Å²) >= 11 is 1.85. The van der Waals surface area contributed by atoms with Crippen molar-refractivity contribution in [1.29, 1.82) is 0 Å². The van der Waals surface area contributed by atoms with E-state index in [1.54, 1.807) is 0 Å². The van der Waals surface area contributed by atoms with Gasteiger partial charge in [0.2, 0.25) is 0 Å². The van der Waals surface area contributed by atoms with E-state index >= 15 is 0 Å². The van der Waals surface area contributed by atoms with Crippen LogP contribution in [0.5, 0.6) is 0 Å². The van der Waals surface area contributed by atoms with Gasteiger partial charge in [0, 0.05) is 64.3 Å². The van der Waals surface area contributed by atoms with E-state index in [0.29, 0.717) is 0 Å². The van der Waals surface area contributed by atoms with Crippen molar-refractivity contribution >= 4 is 92.3 Å². The maximum atomic E-state index is 6.44. The molecule has 3 heterocycles. The molecule has 0 fully saturated rings. The van der Waals surface area contributed by atoms with Crippen LogP contribution in [0.4, 0.5) is 17.1 Å². The Balaban J connectivity index is 0.992. The molecule has 3 aromatic heterocycles. The smallest absolute Gasteiger partial charge is 0.143 e. The van der Waals surface area contributed by atoms with E-state index < -0.39 is 0 Å². The van der Waals surface area contributed by atoms with E-state index in [1.165, 1.54) is 53.1 Å². The average molecular weight is 759 g/mol. The molecule has 0 saturated carbocycles. The molecule has 58 heavy (non-hydrogen) atoms. The summed E-state index contributed by atoms with van der Waals surface area (Å²) in [4.78, 5) is 2.41. The van der Waals surface area contributed by atoms with Crippen LogP contribution >= 0.6 is 11.3 Å². The Hall–Kier alpha value is -7.40. The number of aromatic nitrogens is 1. The summed E-state index contributed by atoms with van der Waals surface area (Å²) in [5.41, 5.74) is 13.3. The van der Waals surface area contributed by atoms with Crippen molar-refractivity contribution in [3.63, 3.8) is 0 Å². The molecule has 9 aromatic carbocycles. The van der Waals surface area contributed by atoms with Crippen molar-refractivity contribution in [3.8, 4) is 27.9 Å². The summed E-state index contributed by atoms with van der Waals surface area (Å²) in [6.45, 7) is 0. The van der Waals surface area contributed by atoms with Crippen molar-refractivity contribution in [1.82, 2.24) is 4.57 Å². The van der Waals surface area contributed by atoms with Crippen LogP contribution in [0.15, 0.2) is 211 Å². The van der Waals surface area contributed by atoms with Gasteiger partial charge in [-0.25, -0.2) is 0 Å². The van der Waals surface area contributed by atoms with Crippen molar-refractivity contribution in [3.05, 3.63) is 206 Å². The van der Waals surface area contributed by atoms with Crippen LogP contribution in [0.1, 0.15) is 0 Å². The first-order valence-corrected chi connectivity index (χ1v) is 20.5. The number of furan rings is 1. The average Bonchev–Trinajstić information content (AvgIpc) is 3.97. The fourth-order valence-corrected chi connectivity index (χ4v) is 10.1. The Bertz CT molecular complexity index is 3500. The standard InChI is InChI=1S/C54H34N2OS/c1-2-12-38(13-3-1)56-47-19-7-4-14-42(47)43-33-28-37(34-49(43)56)35-24-29-39(30-25-35)55(48-20-11-23-52-53(48)46-16-6-9-22-51(46)58-52)40-31-26-36(27-32-40)41-17-10-18-45-44-15-5-8-21-50(44)57-54(41)45/h1-34H. The second-order valence-corrected chi connectivity index (χ2v) is 16.0. The second-order valence-electron chi connectivity index (χ2n) is 14.9. The molecular formula is C54H34N2OS. The molecule has 0 spiro atoms. The Kier molecular flexibility index (Phi) is 7.40. The third-order valence-corrected chi connectivity index (χ3v) is 12.7. The molecule has 0 amide bonds. The van der Waals surface area contributed by atoms with Gasteiger partial charge in [0.1, 0.15) is 11.2 Å². The molecule has 0 aliphatic heterocycles. The normalized spacial score (nSPS) is 11.8. The number of para-hydroxylation sites is 4. The van der Waals surface area contributed by atoms with Gasteiger partial charge in [0.05, 0.1) is 16.7 Å². The van der Waals surface area contributed by atoms with E-state index in [-0.39, 0.29) is 0 Å². The number of nitrogens with zero attached hydrogens (tertiary/aromatic N) is 2. The van der Waals surface area contributed by atoms with Crippen LogP contribution in [-0.2, 0) is 0 Å². The minimum absolute atomic E-state index is 0.908. The van der Waals surface area contributed by atoms with Crippen LogP contribution in [0.25, 0.3) is 91.9 Å². The molecule has 0 saturated heterocycles. The largest absolute Gasteiger partial charge is 0.455 e. The highest BCUT2D eigenvalue weighted by atomic mass is 32.1. The third kappa shape index (κ3) is 5.12. The molecule has 4 heteroatoms. The van der Waals surface area contributed by atoms with Gasteiger partial charge in [0.15, 0.2) is 0 Å². The zero-order valence-corrected chi connectivity index (χ0v) is 32.2. The number of benzene rings is 9. The lowest BCUT2D eigenvalue weighted by Crippen LogP contribution is -2.10. The highest BCUT2D eigenvalue weighted by molar-refractivity contribution is 7.26. The van der Waals surface area contributed by atoms with E-state index in [9.17, 15) is 0 Å². The van der Waals surface area contributed by atoms with Crippen molar-refractivity contribution in [2.24, 2.45) is 0 Å². The van der Waals surface area contributed by atoms with Gasteiger partial charge < -0.3 is 13.9 Å². The van der Waals surface area contributed by atoms with Gasteiger partial charge in [0.25, 0.3) is 0 Å². The zero-order chi connectivity index (χ0) is 38.2. The molecule has 0 radical (unpaired) electrons. The first kappa shape index (κ1) is 32.8. The van der Waals surface area contributed by atoms with Gasteiger partial charge in [-0.3, -0.25) is 0 Å². The molecule has 12 aromatic rings.